The summed E-state index contributed by atoms with van der Waals surface area (Å²) >= 11 is 5.41. The molecule has 6 fully saturated rings. The number of rotatable bonds is 25. The van der Waals surface area contributed by atoms with E-state index in [1.807, 2.05) is 31.2 Å². The van der Waals surface area contributed by atoms with Crippen molar-refractivity contribution in [3.8, 4) is 68.8 Å². The number of thiocarbonyl (C=S) groups is 1. The summed E-state index contributed by atoms with van der Waals surface area (Å²) in [6.45, 7) is 89.9. The van der Waals surface area contributed by atoms with Gasteiger partial charge in [0.15, 0.2) is 17.5 Å². The summed E-state index contributed by atoms with van der Waals surface area (Å²) < 4.78 is 93.6. The molecule has 0 aliphatic carbocycles. The Morgan fingerprint density at radius 3 is 1.21 bits per heavy atom. The summed E-state index contributed by atoms with van der Waals surface area (Å²) in [5.41, 5.74) is 40.0. The van der Waals surface area contributed by atoms with Crippen LogP contribution in [-0.2, 0) is 60.3 Å². The van der Waals surface area contributed by atoms with E-state index in [-0.39, 0.29) is 79.2 Å². The lowest BCUT2D eigenvalue weighted by Crippen LogP contribution is -2.54. The van der Waals surface area contributed by atoms with Gasteiger partial charge in [0, 0.05) is 46.9 Å². The molecule has 4 aromatic carbocycles. The molecule has 0 saturated carbocycles. The average Bonchev–Trinajstić information content (AvgIpc) is 1.65. The topological polar surface area (TPSA) is 222 Å². The quantitative estimate of drug-likeness (QED) is 0.00691. The molecule has 6 saturated heterocycles. The molecule has 0 radical (unpaired) electrons. The van der Waals surface area contributed by atoms with E-state index in [1.54, 1.807) is 55.5 Å². The number of ether oxygens (including phenoxy) is 6. The van der Waals surface area contributed by atoms with Gasteiger partial charge >= 0.3 is 0 Å². The van der Waals surface area contributed by atoms with Crippen molar-refractivity contribution in [1.29, 1.82) is 0 Å². The fourth-order valence-electron chi connectivity index (χ4n) is 27.0. The molecule has 820 valence electrons. The molecular weight excluding hydrogens is 1980 g/mol. The molecule has 12 rings (SSSR count). The van der Waals surface area contributed by atoms with Gasteiger partial charge in [-0.05, 0) is 131 Å². The zero-order valence-corrected chi connectivity index (χ0v) is 104. The van der Waals surface area contributed by atoms with Crippen molar-refractivity contribution < 1.29 is 71.1 Å². The summed E-state index contributed by atoms with van der Waals surface area (Å²) in [4.78, 5) is 16.6. The van der Waals surface area contributed by atoms with Crippen LogP contribution in [0.1, 0.15) is 285 Å². The van der Waals surface area contributed by atoms with E-state index in [2.05, 4.69) is 339 Å². The number of hydrogen-bond donors (Lipinski definition) is 6. The molecule has 0 spiro atoms. The Morgan fingerprint density at radius 1 is 0.432 bits per heavy atom. The molecule has 0 unspecified atom stereocenters. The summed E-state index contributed by atoms with van der Waals surface area (Å²) in [6.07, 6.45) is -0.352. The van der Waals surface area contributed by atoms with Gasteiger partial charge in [0.1, 0.15) is 112 Å². The molecule has 8 aliphatic heterocycles. The van der Waals surface area contributed by atoms with E-state index in [0.29, 0.717) is 179 Å². The number of aliphatic hydroxyl groups excluding tert-OH is 2. The van der Waals surface area contributed by atoms with E-state index in [9.17, 15) is 19.0 Å². The normalized spacial score (nSPS) is 23.6. The molecule has 0 bridgehead atoms. The van der Waals surface area contributed by atoms with E-state index >= 15 is 8.78 Å². The molecule has 0 aromatic heterocycles. The van der Waals surface area contributed by atoms with Crippen LogP contribution in [0.4, 0.5) is 17.6 Å². The van der Waals surface area contributed by atoms with Crippen molar-refractivity contribution in [2.75, 3.05) is 66.1 Å². The number of nitrogens with one attached hydrogen (secondary N) is 2. The van der Waals surface area contributed by atoms with Crippen LogP contribution in [0.2, 0.25) is 99.7 Å². The first-order valence-electron chi connectivity index (χ1n) is 54.9. The Bertz CT molecular complexity index is 5370. The lowest BCUT2D eigenvalue weighted by Gasteiger charge is -2.41. The minimum Gasteiger partial charge on any atom is -0.475 e. The van der Waals surface area contributed by atoms with E-state index < -0.39 is 94.6 Å². The number of aliphatic hydroxyl groups is 2. The van der Waals surface area contributed by atoms with Gasteiger partial charge in [-0.15, -0.1) is 33.3 Å². The predicted molar refractivity (Wildman–Crippen MR) is 623 cm³/mol. The number of nitrogens with zero attached hydrogens (tertiary/aromatic N) is 3. The third-order valence-electron chi connectivity index (χ3n) is 34.6. The van der Waals surface area contributed by atoms with Gasteiger partial charge in [0.25, 0.3) is 0 Å². The van der Waals surface area contributed by atoms with Gasteiger partial charge in [-0.3, -0.25) is 4.84 Å². The fraction of sp³-hybridized carbons (Fsp3) is 0.667. The third kappa shape index (κ3) is 27.3. The van der Waals surface area contributed by atoms with Crippen LogP contribution in [0.5, 0.6) is 0 Å². The van der Waals surface area contributed by atoms with Crippen molar-refractivity contribution in [2.45, 2.75) is 416 Å². The van der Waals surface area contributed by atoms with Gasteiger partial charge < -0.3 is 59.7 Å². The predicted octanol–water partition coefficient (Wildman–Crippen LogP) is 27.2. The second kappa shape index (κ2) is 55.0. The number of halogens is 4. The molecule has 8 aliphatic rings. The molecule has 0 amide bonds. The van der Waals surface area contributed by atoms with Crippen LogP contribution < -0.4 is 16.5 Å². The van der Waals surface area contributed by atoms with Gasteiger partial charge in [-0.2, -0.15) is 5.48 Å². The van der Waals surface area contributed by atoms with Gasteiger partial charge in [0.2, 0.25) is 0 Å². The number of hydroxylamine groups is 1. The second-order valence-electron chi connectivity index (χ2n) is 48.0. The third-order valence-corrected chi connectivity index (χ3v) is 72.4. The van der Waals surface area contributed by atoms with Gasteiger partial charge in [-0.25, -0.2) is 22.6 Å². The molecule has 28 heteroatoms. The van der Waals surface area contributed by atoms with Crippen LogP contribution in [0.3, 0.4) is 0 Å². The maximum atomic E-state index is 15.1. The summed E-state index contributed by atoms with van der Waals surface area (Å²) in [5, 5.41) is 40.0. The van der Waals surface area contributed by atoms with Crippen LogP contribution in [0.25, 0.3) is 0 Å². The van der Waals surface area contributed by atoms with Crippen molar-refractivity contribution in [3.05, 3.63) is 143 Å². The van der Waals surface area contributed by atoms with Crippen molar-refractivity contribution >= 4 is 83.5 Å². The van der Waals surface area contributed by atoms with E-state index in [1.165, 1.54) is 30.5 Å². The second-order valence-corrected chi connectivity index (χ2v) is 82.1. The highest BCUT2D eigenvalue weighted by Crippen LogP contribution is 2.52. The Labute approximate surface area is 902 Å². The smallest absolute Gasteiger partial charge is 0.182 e. The van der Waals surface area contributed by atoms with Crippen LogP contribution >= 0.6 is 12.2 Å². The number of benzene rings is 4. The largest absolute Gasteiger partial charge is 0.475 e. The van der Waals surface area contributed by atoms with Gasteiger partial charge in [-0.1, -0.05) is 380 Å². The minimum atomic E-state index is -2.10. The Kier molecular flexibility index (Phi) is 47.6. The maximum absolute atomic E-state index is 15.1. The van der Waals surface area contributed by atoms with E-state index in [0.717, 1.165) is 5.71 Å². The van der Waals surface area contributed by atoms with Crippen molar-refractivity contribution in [2.24, 2.45) is 50.6 Å². The van der Waals surface area contributed by atoms with Crippen molar-refractivity contribution in [3.63, 3.8) is 0 Å². The lowest BCUT2D eigenvalue weighted by molar-refractivity contribution is -0.00648. The molecule has 4 aromatic rings. The van der Waals surface area contributed by atoms with Gasteiger partial charge in [0.05, 0.1) is 95.1 Å². The number of nitrogens with two attached hydrogens (primary N) is 1. The molecule has 14 atom stereocenters. The van der Waals surface area contributed by atoms with Crippen LogP contribution in [0.15, 0.2) is 112 Å². The highest BCUT2D eigenvalue weighted by Gasteiger charge is 2.59. The van der Waals surface area contributed by atoms with Crippen LogP contribution in [0, 0.1) is 122 Å². The number of fused-ring (bicyclic) bond motifs is 3. The fourth-order valence-corrected chi connectivity index (χ4v) is 58.7. The standard InChI is InChI=1S/C24H36FNO2SSi.C24H34FNO2Si.C22H32FNO2Si.C22H34FNO2Si.C16H27NO2Si.C12H23NOSi/c1-16(2)30(17(3)4,18(5)6)13-12-24(26-19(7)29,21-14-28-15-23(21)27)20-10-8-9-11-22(20)25;1-16(2)29(17(3)4,18(5)6)13-12-24(20-10-8-9-11-22(20)25)21-14-27-15-23(21)28-19(7)26-24;1-15(2)27(16(3)4,17(5)6)12-11-22(18-9-7-8-10-20(18)23)19-13-25-14-21(19)26-24-22;1-15(2)27(16(3)4,17(5)6)12-11-22(24,19-13-26-14-21(19)25)18-9-7-8-10-20(18)23;1-11(2)20(12(3)4,13(5)6)8-7-15-14-9-18-10-16(14)19-17-15;1-10(2)15(11(3)4,12(5)6)9-7-8-13-14/h8-11,16-18,21,23,27H,14-15H2,1-7H3,(H,26,29);8-11,16-18,21,23H,14-15H2,1-7H3;7-10,15-17,19,21,24H,13-14H2,1-6H3;7-10,15-17,19,21,25H,13-14,24H2,1-6H3;11-14,16H,9-10H2,1-6H3;8,10-12,14H,1-6H3/b;;;;;13-8+/t2*21-,23+,24+;2*19-,21+,22+;14-,16-;/m00001./s1. The molecule has 7 N–H and O–H groups in total. The first-order valence-corrected chi connectivity index (χ1v) is 68.7. The highest BCUT2D eigenvalue weighted by molar-refractivity contribution is 7.80. The average molecular weight is 2170 g/mol. The first-order chi connectivity index (χ1) is 69.2. The zero-order chi connectivity index (χ0) is 111. The highest BCUT2D eigenvalue weighted by atomic mass is 32.1. The van der Waals surface area contributed by atoms with Crippen molar-refractivity contribution in [1.82, 2.24) is 10.8 Å². The number of oxime groups is 2. The Balaban J connectivity index is 0.000000243. The number of hydrogen-bond acceptors (Lipinski definition) is 17. The summed E-state index contributed by atoms with van der Waals surface area (Å²) in [5.74, 6) is 18.8. The SMILES string of the molecule is CC(=S)N[C@](C#C[Si](C(C)C)(C(C)C)C(C)C)(c1ccccc1F)[C@H]1COC[C@H]1O.CC(C)[Si](C#C/C=N/O)(C(C)C)C(C)C.CC(C)[Si](C#CC1=NO[C@@H]2COC[C@H]12)(C(C)C)C(C)C.CC(C)[Si](C#C[C@@](N)(c1ccccc1F)[C@H]1COC[C@H]1O)(C(C)C)C(C)C.CC(C)[Si](C#C[C@]1(c2ccccc2F)NO[C@@H]2COC[C@@H]21)(C(C)C)C(C)C.CC1=N[C@](C#C[Si](C(C)C)(C(C)C)C(C)C)(c2ccccc2F)[C@H]2COC[C@H]2O1. The monoisotopic (exact) mass is 2160 g/mol. The maximum Gasteiger partial charge on any atom is 0.182 e. The zero-order valence-electron chi connectivity index (χ0n) is 97.0. The first kappa shape index (κ1) is 128. The molecule has 148 heavy (non-hydrogen) atoms. The Morgan fingerprint density at radius 2 is 0.791 bits per heavy atom. The van der Waals surface area contributed by atoms with Crippen LogP contribution in [-0.4, -0.2) is 183 Å². The summed E-state index contributed by atoms with van der Waals surface area (Å²) in [7, 11) is -11.4. The van der Waals surface area contributed by atoms with E-state index in [4.69, 9.17) is 66.2 Å². The molecular formula is C120H186F4N6O11SSi6. The molecule has 17 nitrogen and oxygen atoms in total. The number of aliphatic imine (C=N–C) groups is 1. The minimum absolute atomic E-state index is 0.0138. The molecule has 8 heterocycles. The summed E-state index contributed by atoms with van der Waals surface area (Å²) in [6, 6.07) is 26.9. The lowest BCUT2D eigenvalue weighted by atomic mass is 9.76. The Hall–Kier alpha value is -6.84.